The van der Waals surface area contributed by atoms with Crippen LogP contribution in [-0.4, -0.2) is 47.6 Å². The number of nitrogens with zero attached hydrogens (tertiary/aromatic N) is 1. The highest BCUT2D eigenvalue weighted by Crippen LogP contribution is 2.08. The van der Waals surface area contributed by atoms with E-state index in [2.05, 4.69) is 5.32 Å². The Balaban J connectivity index is 2.16. The molecule has 17 heavy (non-hydrogen) atoms. The minimum absolute atomic E-state index is 0.00454. The molecule has 1 saturated heterocycles. The molecule has 0 radical (unpaired) electrons. The highest BCUT2D eigenvalue weighted by Gasteiger charge is 2.16. The molecule has 0 saturated carbocycles. The fourth-order valence-corrected chi connectivity index (χ4v) is 1.86. The maximum atomic E-state index is 11.7. The van der Waals surface area contributed by atoms with Crippen molar-refractivity contribution in [2.24, 2.45) is 0 Å². The van der Waals surface area contributed by atoms with Gasteiger partial charge in [0.2, 0.25) is 11.8 Å². The fourth-order valence-electron chi connectivity index (χ4n) is 1.86. The zero-order chi connectivity index (χ0) is 12.7. The van der Waals surface area contributed by atoms with Gasteiger partial charge >= 0.3 is 0 Å². The first-order valence-electron chi connectivity index (χ1n) is 6.32. The molecule has 1 atom stereocenters. The Bertz CT molecular complexity index is 260. The normalized spacial score (nSPS) is 17.6. The van der Waals surface area contributed by atoms with Crippen LogP contribution in [-0.2, 0) is 9.59 Å². The van der Waals surface area contributed by atoms with Crippen LogP contribution in [0.1, 0.15) is 39.0 Å². The van der Waals surface area contributed by atoms with E-state index in [1.54, 1.807) is 11.8 Å². The van der Waals surface area contributed by atoms with Gasteiger partial charge in [-0.05, 0) is 32.6 Å². The Morgan fingerprint density at radius 3 is 2.53 bits per heavy atom. The molecule has 98 valence electrons. The quantitative estimate of drug-likeness (QED) is 0.727. The van der Waals surface area contributed by atoms with Gasteiger partial charge in [0.1, 0.15) is 0 Å². The number of aliphatic hydroxyl groups excluding tert-OH is 1. The second-order valence-electron chi connectivity index (χ2n) is 4.61. The zero-order valence-electron chi connectivity index (χ0n) is 10.4. The molecule has 2 amide bonds. The summed E-state index contributed by atoms with van der Waals surface area (Å²) in [7, 11) is 0. The van der Waals surface area contributed by atoms with Crippen LogP contribution in [0.5, 0.6) is 0 Å². The van der Waals surface area contributed by atoms with E-state index in [4.69, 9.17) is 5.11 Å². The van der Waals surface area contributed by atoms with Crippen molar-refractivity contribution >= 4 is 11.8 Å². The molecule has 0 aromatic carbocycles. The molecule has 0 spiro atoms. The molecule has 1 fully saturated rings. The fraction of sp³-hybridized carbons (Fsp3) is 0.833. The topological polar surface area (TPSA) is 69.6 Å². The molecule has 5 heteroatoms. The van der Waals surface area contributed by atoms with Crippen LogP contribution in [0.15, 0.2) is 0 Å². The molecule has 0 aliphatic carbocycles. The third-order valence-electron chi connectivity index (χ3n) is 2.93. The highest BCUT2D eigenvalue weighted by molar-refractivity contribution is 5.84. The van der Waals surface area contributed by atoms with Crippen molar-refractivity contribution in [2.45, 2.75) is 45.1 Å². The van der Waals surface area contributed by atoms with Crippen LogP contribution in [0.3, 0.4) is 0 Å². The Hall–Kier alpha value is -1.10. The number of amides is 2. The average Bonchev–Trinajstić information content (AvgIpc) is 2.34. The molecule has 1 rings (SSSR count). The number of nitrogens with one attached hydrogen (secondary N) is 1. The summed E-state index contributed by atoms with van der Waals surface area (Å²) in [6.07, 6.45) is 3.53. The van der Waals surface area contributed by atoms with E-state index in [1.807, 2.05) is 0 Å². The van der Waals surface area contributed by atoms with Gasteiger partial charge in [0.25, 0.3) is 0 Å². The van der Waals surface area contributed by atoms with Crippen LogP contribution >= 0.6 is 0 Å². The lowest BCUT2D eigenvalue weighted by molar-refractivity contribution is -0.133. The second-order valence-corrected chi connectivity index (χ2v) is 4.61. The van der Waals surface area contributed by atoms with E-state index in [0.29, 0.717) is 6.42 Å². The molecule has 1 heterocycles. The minimum atomic E-state index is -0.474. The van der Waals surface area contributed by atoms with Crippen molar-refractivity contribution < 1.29 is 14.7 Å². The Morgan fingerprint density at radius 2 is 1.94 bits per heavy atom. The maximum Gasteiger partial charge on any atom is 0.241 e. The monoisotopic (exact) mass is 242 g/mol. The molecule has 1 aliphatic heterocycles. The van der Waals surface area contributed by atoms with E-state index in [0.717, 1.165) is 25.9 Å². The number of piperidine rings is 1. The lowest BCUT2D eigenvalue weighted by Gasteiger charge is -2.26. The van der Waals surface area contributed by atoms with Crippen LogP contribution in [0.25, 0.3) is 0 Å². The summed E-state index contributed by atoms with van der Waals surface area (Å²) in [5.41, 5.74) is 0. The van der Waals surface area contributed by atoms with Gasteiger partial charge in [-0.25, -0.2) is 0 Å². The summed E-state index contributed by atoms with van der Waals surface area (Å²) < 4.78 is 0. The summed E-state index contributed by atoms with van der Waals surface area (Å²) in [6.45, 7) is 3.34. The predicted molar refractivity (Wildman–Crippen MR) is 64.4 cm³/mol. The number of rotatable bonds is 5. The molecule has 2 N–H and O–H groups in total. The third-order valence-corrected chi connectivity index (χ3v) is 2.93. The number of likely N-dealkylation sites (tertiary alicyclic amines) is 1. The second kappa shape index (κ2) is 7.27. The Labute approximate surface area is 102 Å². The summed E-state index contributed by atoms with van der Waals surface area (Å²) in [4.78, 5) is 24.8. The van der Waals surface area contributed by atoms with Gasteiger partial charge in [-0.1, -0.05) is 0 Å². The van der Waals surface area contributed by atoms with E-state index >= 15 is 0 Å². The van der Waals surface area contributed by atoms with Crippen molar-refractivity contribution in [3.05, 3.63) is 0 Å². The lowest BCUT2D eigenvalue weighted by Crippen LogP contribution is -2.42. The smallest absolute Gasteiger partial charge is 0.241 e. The van der Waals surface area contributed by atoms with Gasteiger partial charge in [0.05, 0.1) is 12.6 Å². The van der Waals surface area contributed by atoms with Crippen LogP contribution in [0.4, 0.5) is 0 Å². The van der Waals surface area contributed by atoms with Gasteiger partial charge in [-0.15, -0.1) is 0 Å². The van der Waals surface area contributed by atoms with E-state index in [9.17, 15) is 9.59 Å². The summed E-state index contributed by atoms with van der Waals surface area (Å²) >= 11 is 0. The molecular formula is C12H22N2O3. The number of aliphatic hydroxyl groups is 1. The summed E-state index contributed by atoms with van der Waals surface area (Å²) in [5, 5.41) is 11.6. The number of carbonyl (C=O) groups is 2. The Morgan fingerprint density at radius 1 is 1.29 bits per heavy atom. The zero-order valence-corrected chi connectivity index (χ0v) is 10.4. The van der Waals surface area contributed by atoms with Crippen LogP contribution < -0.4 is 5.32 Å². The van der Waals surface area contributed by atoms with Gasteiger partial charge in [-0.2, -0.15) is 0 Å². The molecule has 0 aromatic heterocycles. The molecule has 5 nitrogen and oxygen atoms in total. The van der Waals surface area contributed by atoms with E-state index in [-0.39, 0.29) is 24.8 Å². The average molecular weight is 242 g/mol. The largest absolute Gasteiger partial charge is 0.393 e. The van der Waals surface area contributed by atoms with E-state index < -0.39 is 6.10 Å². The van der Waals surface area contributed by atoms with Crippen LogP contribution in [0.2, 0.25) is 0 Å². The first-order valence-corrected chi connectivity index (χ1v) is 6.32. The number of carbonyl (C=O) groups excluding carboxylic acids is 2. The minimum Gasteiger partial charge on any atom is -0.393 e. The van der Waals surface area contributed by atoms with E-state index in [1.165, 1.54) is 6.42 Å². The SMILES string of the molecule is CC(O)CCC(=O)NCC(=O)N1CCCCC1. The van der Waals surface area contributed by atoms with Crippen molar-refractivity contribution in [3.63, 3.8) is 0 Å². The van der Waals surface area contributed by atoms with Gasteiger partial charge in [-0.3, -0.25) is 9.59 Å². The maximum absolute atomic E-state index is 11.7. The highest BCUT2D eigenvalue weighted by atomic mass is 16.3. The molecule has 0 bridgehead atoms. The van der Waals surface area contributed by atoms with Crippen molar-refractivity contribution in [3.8, 4) is 0 Å². The molecule has 0 aromatic rings. The van der Waals surface area contributed by atoms with Gasteiger partial charge in [0, 0.05) is 19.5 Å². The first kappa shape index (κ1) is 14.0. The van der Waals surface area contributed by atoms with Crippen molar-refractivity contribution in [1.29, 1.82) is 0 Å². The third kappa shape index (κ3) is 5.68. The molecule has 1 unspecified atom stereocenters. The number of hydrogen-bond donors (Lipinski definition) is 2. The number of hydrogen-bond acceptors (Lipinski definition) is 3. The van der Waals surface area contributed by atoms with Crippen molar-refractivity contribution in [2.75, 3.05) is 19.6 Å². The standard InChI is InChI=1S/C12H22N2O3/c1-10(15)5-6-11(16)13-9-12(17)14-7-3-2-4-8-14/h10,15H,2-9H2,1H3,(H,13,16). The lowest BCUT2D eigenvalue weighted by atomic mass is 10.1. The van der Waals surface area contributed by atoms with Crippen molar-refractivity contribution in [1.82, 2.24) is 10.2 Å². The predicted octanol–water partition coefficient (Wildman–Crippen LogP) is 0.276. The Kier molecular flexibility index (Phi) is 5.97. The summed E-state index contributed by atoms with van der Waals surface area (Å²) in [6, 6.07) is 0. The van der Waals surface area contributed by atoms with Gasteiger partial charge < -0.3 is 15.3 Å². The summed E-state index contributed by atoms with van der Waals surface area (Å²) in [5.74, 6) is -0.175. The molecular weight excluding hydrogens is 220 g/mol. The van der Waals surface area contributed by atoms with Crippen LogP contribution in [0, 0.1) is 0 Å². The molecule has 1 aliphatic rings. The van der Waals surface area contributed by atoms with Gasteiger partial charge in [0.15, 0.2) is 0 Å². The first-order chi connectivity index (χ1) is 8.09.